The van der Waals surface area contributed by atoms with Crippen LogP contribution in [0.3, 0.4) is 0 Å². The van der Waals surface area contributed by atoms with Gasteiger partial charge >= 0.3 is 5.97 Å². The number of anilines is 1. The minimum Gasteiger partial charge on any atom is -0.497 e. The highest BCUT2D eigenvalue weighted by molar-refractivity contribution is 5.89. The number of hydrogen-bond donors (Lipinski definition) is 2. The number of benzene rings is 4. The zero-order chi connectivity index (χ0) is 24.6. The smallest absolute Gasteiger partial charge is 0.337 e. The molecule has 0 aliphatic carbocycles. The van der Waals surface area contributed by atoms with Gasteiger partial charge in [0.2, 0.25) is 0 Å². The summed E-state index contributed by atoms with van der Waals surface area (Å²) in [5.41, 5.74) is 4.27. The predicted octanol–water partition coefficient (Wildman–Crippen LogP) is 6.25. The van der Waals surface area contributed by atoms with E-state index >= 15 is 0 Å². The van der Waals surface area contributed by atoms with Crippen molar-refractivity contribution in [2.75, 3.05) is 26.1 Å². The minimum absolute atomic E-state index is 0.369. The van der Waals surface area contributed by atoms with Gasteiger partial charge in [0.1, 0.15) is 5.75 Å². The number of nitrogens with one attached hydrogen (secondary N) is 1. The lowest BCUT2D eigenvalue weighted by molar-refractivity contribution is 0.0600. The fourth-order valence-electron chi connectivity index (χ4n) is 4.10. The standard InChI is InChI=1S/C30H29NO4/c1-34-26-10-6-9-25(19-26)31-20-22(17-21-13-15-24(16-14-21)30(33)35-2)18-29(32)28-12-5-8-23-7-3-4-11-27(23)28/h3-17,19,29,31-32H,18,20H2,1-2H3. The molecule has 0 aliphatic heterocycles. The second-order valence-corrected chi connectivity index (χ2v) is 8.29. The van der Waals surface area contributed by atoms with Gasteiger partial charge in [0.05, 0.1) is 25.9 Å². The molecule has 0 saturated heterocycles. The number of carbonyl (C=O) groups excluding carboxylic acids is 1. The lowest BCUT2D eigenvalue weighted by Gasteiger charge is -2.18. The lowest BCUT2D eigenvalue weighted by atomic mass is 9.95. The third kappa shape index (κ3) is 6.08. The Kier molecular flexibility index (Phi) is 7.81. The first-order valence-corrected chi connectivity index (χ1v) is 11.5. The molecular weight excluding hydrogens is 438 g/mol. The van der Waals surface area contributed by atoms with Gasteiger partial charge in [0, 0.05) is 24.7 Å². The molecule has 0 radical (unpaired) electrons. The van der Waals surface area contributed by atoms with Gasteiger partial charge in [0.25, 0.3) is 0 Å². The van der Waals surface area contributed by atoms with Crippen molar-refractivity contribution in [2.45, 2.75) is 12.5 Å². The zero-order valence-electron chi connectivity index (χ0n) is 19.9. The number of ether oxygens (including phenoxy) is 2. The van der Waals surface area contributed by atoms with E-state index in [1.165, 1.54) is 7.11 Å². The van der Waals surface area contributed by atoms with Crippen LogP contribution in [0.2, 0.25) is 0 Å². The lowest BCUT2D eigenvalue weighted by Crippen LogP contribution is -2.09. The topological polar surface area (TPSA) is 67.8 Å². The molecule has 4 aromatic rings. The van der Waals surface area contributed by atoms with E-state index < -0.39 is 6.10 Å². The third-order valence-electron chi connectivity index (χ3n) is 5.93. The van der Waals surface area contributed by atoms with Crippen LogP contribution in [-0.4, -0.2) is 31.8 Å². The summed E-state index contributed by atoms with van der Waals surface area (Å²) in [5.74, 6) is 0.404. The first-order chi connectivity index (χ1) is 17.1. The number of aliphatic hydroxyl groups excluding tert-OH is 1. The number of aliphatic hydroxyl groups is 1. The van der Waals surface area contributed by atoms with Crippen LogP contribution in [0.15, 0.2) is 96.6 Å². The molecule has 0 spiro atoms. The largest absolute Gasteiger partial charge is 0.497 e. The molecule has 5 nitrogen and oxygen atoms in total. The summed E-state index contributed by atoms with van der Waals surface area (Å²) in [6.45, 7) is 0.535. The molecular formula is C30H29NO4. The van der Waals surface area contributed by atoms with Gasteiger partial charge in [-0.2, -0.15) is 0 Å². The van der Waals surface area contributed by atoms with Crippen molar-refractivity contribution >= 4 is 28.5 Å². The van der Waals surface area contributed by atoms with Crippen molar-refractivity contribution in [3.8, 4) is 5.75 Å². The van der Waals surface area contributed by atoms with E-state index in [1.54, 1.807) is 19.2 Å². The first kappa shape index (κ1) is 24.0. The van der Waals surface area contributed by atoms with Crippen molar-refractivity contribution in [3.63, 3.8) is 0 Å². The Morgan fingerprint density at radius 3 is 2.46 bits per heavy atom. The summed E-state index contributed by atoms with van der Waals surface area (Å²) in [5, 5.41) is 16.8. The average molecular weight is 468 g/mol. The predicted molar refractivity (Wildman–Crippen MR) is 141 cm³/mol. The second-order valence-electron chi connectivity index (χ2n) is 8.29. The molecule has 0 amide bonds. The molecule has 0 heterocycles. The number of rotatable bonds is 9. The Bertz CT molecular complexity index is 1320. The minimum atomic E-state index is -0.672. The molecule has 5 heteroatoms. The molecule has 35 heavy (non-hydrogen) atoms. The van der Waals surface area contributed by atoms with E-state index in [-0.39, 0.29) is 5.97 Å². The Labute approximate surface area is 205 Å². The number of esters is 1. The normalized spacial score (nSPS) is 12.3. The Balaban J connectivity index is 1.60. The highest BCUT2D eigenvalue weighted by Crippen LogP contribution is 2.29. The molecule has 1 atom stereocenters. The molecule has 4 rings (SSSR count). The van der Waals surface area contributed by atoms with Crippen LogP contribution in [0.4, 0.5) is 5.69 Å². The van der Waals surface area contributed by atoms with Gasteiger partial charge in [0.15, 0.2) is 0 Å². The molecule has 4 aromatic carbocycles. The maximum atomic E-state index is 11.8. The molecule has 0 aliphatic rings. The van der Waals surface area contributed by atoms with E-state index in [1.807, 2.05) is 72.8 Å². The van der Waals surface area contributed by atoms with Crippen LogP contribution < -0.4 is 10.1 Å². The second kappa shape index (κ2) is 11.4. The number of fused-ring (bicyclic) bond motifs is 1. The fraction of sp³-hybridized carbons (Fsp3) is 0.167. The van der Waals surface area contributed by atoms with Crippen LogP contribution >= 0.6 is 0 Å². The Hall–Kier alpha value is -4.09. The molecule has 0 fully saturated rings. The Morgan fingerprint density at radius 2 is 1.69 bits per heavy atom. The number of carbonyl (C=O) groups is 1. The maximum Gasteiger partial charge on any atom is 0.337 e. The summed E-state index contributed by atoms with van der Waals surface area (Å²) in [6, 6.07) is 29.1. The van der Waals surface area contributed by atoms with E-state index in [4.69, 9.17) is 9.47 Å². The summed E-state index contributed by atoms with van der Waals surface area (Å²) in [6.07, 6.45) is 1.82. The maximum absolute atomic E-state index is 11.8. The fourth-order valence-corrected chi connectivity index (χ4v) is 4.10. The van der Waals surface area contributed by atoms with Crippen LogP contribution in [0.5, 0.6) is 5.75 Å². The van der Waals surface area contributed by atoms with E-state index in [0.717, 1.165) is 38.9 Å². The van der Waals surface area contributed by atoms with Crippen molar-refractivity contribution in [3.05, 3.63) is 113 Å². The quantitative estimate of drug-likeness (QED) is 0.285. The average Bonchev–Trinajstić information content (AvgIpc) is 2.91. The van der Waals surface area contributed by atoms with Crippen molar-refractivity contribution < 1.29 is 19.4 Å². The van der Waals surface area contributed by atoms with Crippen molar-refractivity contribution in [1.29, 1.82) is 0 Å². The molecule has 1 unspecified atom stereocenters. The summed E-state index contributed by atoms with van der Waals surface area (Å²) >= 11 is 0. The highest BCUT2D eigenvalue weighted by atomic mass is 16.5. The van der Waals surface area contributed by atoms with E-state index in [9.17, 15) is 9.90 Å². The van der Waals surface area contributed by atoms with E-state index in [0.29, 0.717) is 18.5 Å². The van der Waals surface area contributed by atoms with Crippen LogP contribution in [-0.2, 0) is 4.74 Å². The van der Waals surface area contributed by atoms with Gasteiger partial charge < -0.3 is 19.9 Å². The highest BCUT2D eigenvalue weighted by Gasteiger charge is 2.14. The number of methoxy groups -OCH3 is 2. The van der Waals surface area contributed by atoms with Crippen LogP contribution in [0, 0.1) is 0 Å². The van der Waals surface area contributed by atoms with Gasteiger partial charge in [-0.15, -0.1) is 0 Å². The van der Waals surface area contributed by atoms with Gasteiger partial charge in [-0.25, -0.2) is 4.79 Å². The molecule has 0 aromatic heterocycles. The summed E-state index contributed by atoms with van der Waals surface area (Å²) in [7, 11) is 3.01. The number of hydrogen-bond acceptors (Lipinski definition) is 5. The molecule has 178 valence electrons. The van der Waals surface area contributed by atoms with Gasteiger partial charge in [-0.1, -0.05) is 66.7 Å². The van der Waals surface area contributed by atoms with Crippen LogP contribution in [0.25, 0.3) is 16.8 Å². The SMILES string of the molecule is COC(=O)c1ccc(C=C(CNc2cccc(OC)c2)CC(O)c2cccc3ccccc23)cc1. The van der Waals surface area contributed by atoms with Gasteiger partial charge in [-0.05, 0) is 51.7 Å². The zero-order valence-corrected chi connectivity index (χ0v) is 19.9. The summed E-state index contributed by atoms with van der Waals surface area (Å²) in [4.78, 5) is 11.8. The van der Waals surface area contributed by atoms with E-state index in [2.05, 4.69) is 17.4 Å². The van der Waals surface area contributed by atoms with Crippen molar-refractivity contribution in [1.82, 2.24) is 0 Å². The summed E-state index contributed by atoms with van der Waals surface area (Å²) < 4.78 is 10.1. The molecule has 2 N–H and O–H groups in total. The third-order valence-corrected chi connectivity index (χ3v) is 5.93. The van der Waals surface area contributed by atoms with Crippen molar-refractivity contribution in [2.24, 2.45) is 0 Å². The Morgan fingerprint density at radius 1 is 0.943 bits per heavy atom. The molecule has 0 bridgehead atoms. The first-order valence-electron chi connectivity index (χ1n) is 11.5. The van der Waals surface area contributed by atoms with Crippen LogP contribution in [0.1, 0.15) is 34.0 Å². The van der Waals surface area contributed by atoms with Gasteiger partial charge in [-0.3, -0.25) is 0 Å². The monoisotopic (exact) mass is 467 g/mol. The molecule has 0 saturated carbocycles.